The van der Waals surface area contributed by atoms with Crippen LogP contribution < -0.4 is 10.5 Å². The molecule has 2 rings (SSSR count). The second-order valence-electron chi connectivity index (χ2n) is 2.89. The predicted molar refractivity (Wildman–Crippen MR) is 57.9 cm³/mol. The molecule has 0 saturated carbocycles. The minimum atomic E-state index is -0.704. The number of para-hydroxylation sites is 1. The van der Waals surface area contributed by atoms with Crippen molar-refractivity contribution in [3.8, 4) is 5.75 Å². The van der Waals surface area contributed by atoms with Crippen molar-refractivity contribution in [2.75, 3.05) is 5.73 Å². The van der Waals surface area contributed by atoms with Gasteiger partial charge < -0.3 is 10.5 Å². The lowest BCUT2D eigenvalue weighted by Gasteiger charge is -2.03. The zero-order valence-corrected chi connectivity index (χ0v) is 8.83. The Morgan fingerprint density at radius 2 is 2.19 bits per heavy atom. The van der Waals surface area contributed by atoms with Crippen molar-refractivity contribution in [1.29, 1.82) is 0 Å². The second-order valence-corrected chi connectivity index (χ2v) is 3.74. The first-order valence-corrected chi connectivity index (χ1v) is 5.22. The molecule has 0 aliphatic carbocycles. The van der Waals surface area contributed by atoms with E-state index in [9.17, 15) is 9.18 Å². The topological polar surface area (TPSA) is 65.2 Å². The third-order valence-electron chi connectivity index (χ3n) is 1.82. The summed E-state index contributed by atoms with van der Waals surface area (Å²) in [6.07, 6.45) is 0. The van der Waals surface area contributed by atoms with Gasteiger partial charge in [0.05, 0.1) is 5.51 Å². The first-order valence-electron chi connectivity index (χ1n) is 4.34. The number of halogens is 1. The van der Waals surface area contributed by atoms with Crippen LogP contribution in [0.2, 0.25) is 0 Å². The standard InChI is InChI=1S/C10H7FN2O2S/c11-6-3-1-2-4-7(6)15-10(14)8-9(12)13-5-16-8/h1-5H,12H2. The summed E-state index contributed by atoms with van der Waals surface area (Å²) in [6.45, 7) is 0. The molecule has 16 heavy (non-hydrogen) atoms. The molecule has 0 fully saturated rings. The maximum atomic E-state index is 13.2. The number of rotatable bonds is 2. The molecule has 1 aromatic carbocycles. The molecule has 0 aliphatic rings. The summed E-state index contributed by atoms with van der Waals surface area (Å²) in [5.74, 6) is -1.34. The summed E-state index contributed by atoms with van der Waals surface area (Å²) in [4.78, 5) is 15.4. The number of esters is 1. The largest absolute Gasteiger partial charge is 0.419 e. The van der Waals surface area contributed by atoms with Gasteiger partial charge in [0.25, 0.3) is 0 Å². The van der Waals surface area contributed by atoms with Crippen LogP contribution in [0.4, 0.5) is 10.2 Å². The van der Waals surface area contributed by atoms with Crippen LogP contribution in [0.25, 0.3) is 0 Å². The predicted octanol–water partition coefficient (Wildman–Crippen LogP) is 2.08. The Hall–Kier alpha value is -1.95. The molecule has 1 aromatic heterocycles. The van der Waals surface area contributed by atoms with Gasteiger partial charge in [-0.1, -0.05) is 12.1 Å². The summed E-state index contributed by atoms with van der Waals surface area (Å²) >= 11 is 1.05. The lowest BCUT2D eigenvalue weighted by molar-refractivity contribution is 0.0734. The highest BCUT2D eigenvalue weighted by atomic mass is 32.1. The van der Waals surface area contributed by atoms with Gasteiger partial charge in [0.1, 0.15) is 5.82 Å². The quantitative estimate of drug-likeness (QED) is 0.642. The Labute approximate surface area is 94.5 Å². The van der Waals surface area contributed by atoms with Gasteiger partial charge in [-0.3, -0.25) is 0 Å². The van der Waals surface area contributed by atoms with E-state index in [1.54, 1.807) is 6.07 Å². The number of thiazole rings is 1. The Kier molecular flexibility index (Phi) is 2.82. The van der Waals surface area contributed by atoms with E-state index in [0.717, 1.165) is 11.3 Å². The molecule has 0 saturated heterocycles. The average Bonchev–Trinajstić information content (AvgIpc) is 2.68. The van der Waals surface area contributed by atoms with Crippen LogP contribution in [0.3, 0.4) is 0 Å². The number of carbonyl (C=O) groups excluding carboxylic acids is 1. The van der Waals surface area contributed by atoms with E-state index in [2.05, 4.69) is 4.98 Å². The fourth-order valence-electron chi connectivity index (χ4n) is 1.08. The van der Waals surface area contributed by atoms with E-state index < -0.39 is 11.8 Å². The summed E-state index contributed by atoms with van der Waals surface area (Å²) in [7, 11) is 0. The van der Waals surface area contributed by atoms with E-state index in [-0.39, 0.29) is 16.4 Å². The van der Waals surface area contributed by atoms with Crippen molar-refractivity contribution in [3.05, 3.63) is 40.5 Å². The van der Waals surface area contributed by atoms with Gasteiger partial charge >= 0.3 is 5.97 Å². The number of hydrogen-bond acceptors (Lipinski definition) is 5. The molecule has 0 spiro atoms. The molecular formula is C10H7FN2O2S. The number of benzene rings is 1. The molecule has 2 aromatic rings. The Morgan fingerprint density at radius 3 is 2.81 bits per heavy atom. The Bertz CT molecular complexity index is 527. The van der Waals surface area contributed by atoms with E-state index in [4.69, 9.17) is 10.5 Å². The lowest BCUT2D eigenvalue weighted by atomic mass is 10.3. The average molecular weight is 238 g/mol. The zero-order valence-electron chi connectivity index (χ0n) is 8.01. The summed E-state index contributed by atoms with van der Waals surface area (Å²) in [6, 6.07) is 5.65. The molecule has 0 unspecified atom stereocenters. The number of aromatic nitrogens is 1. The van der Waals surface area contributed by atoms with Crippen LogP contribution in [0, 0.1) is 5.82 Å². The van der Waals surface area contributed by atoms with Gasteiger partial charge in [-0.05, 0) is 12.1 Å². The third-order valence-corrected chi connectivity index (χ3v) is 2.64. The first kappa shape index (κ1) is 10.6. The van der Waals surface area contributed by atoms with E-state index >= 15 is 0 Å². The van der Waals surface area contributed by atoms with Crippen molar-refractivity contribution in [2.24, 2.45) is 0 Å². The molecule has 1 heterocycles. The molecular weight excluding hydrogens is 231 g/mol. The van der Waals surface area contributed by atoms with Crippen molar-refractivity contribution in [1.82, 2.24) is 4.98 Å². The fourth-order valence-corrected chi connectivity index (χ4v) is 1.66. The molecule has 0 amide bonds. The molecule has 0 atom stereocenters. The van der Waals surface area contributed by atoms with Crippen LogP contribution in [-0.2, 0) is 0 Å². The van der Waals surface area contributed by atoms with Crippen LogP contribution in [0.15, 0.2) is 29.8 Å². The van der Waals surface area contributed by atoms with E-state index in [1.165, 1.54) is 23.7 Å². The first-order chi connectivity index (χ1) is 7.68. The Morgan fingerprint density at radius 1 is 1.44 bits per heavy atom. The highest BCUT2D eigenvalue weighted by Crippen LogP contribution is 2.21. The number of ether oxygens (including phenoxy) is 1. The maximum Gasteiger partial charge on any atom is 0.357 e. The summed E-state index contributed by atoms with van der Waals surface area (Å²) < 4.78 is 18.0. The van der Waals surface area contributed by atoms with Crippen LogP contribution in [-0.4, -0.2) is 11.0 Å². The minimum absolute atomic E-state index is 0.0892. The fraction of sp³-hybridized carbons (Fsp3) is 0. The van der Waals surface area contributed by atoms with Gasteiger partial charge in [0.15, 0.2) is 16.4 Å². The minimum Gasteiger partial charge on any atom is -0.419 e. The molecule has 0 radical (unpaired) electrons. The van der Waals surface area contributed by atoms with Gasteiger partial charge in [-0.25, -0.2) is 14.2 Å². The number of nitrogens with zero attached hydrogens (tertiary/aromatic N) is 1. The normalized spacial score (nSPS) is 10.1. The summed E-state index contributed by atoms with van der Waals surface area (Å²) in [5.41, 5.74) is 6.86. The SMILES string of the molecule is Nc1ncsc1C(=O)Oc1ccccc1F. The van der Waals surface area contributed by atoms with Gasteiger partial charge in [-0.2, -0.15) is 0 Å². The monoisotopic (exact) mass is 238 g/mol. The van der Waals surface area contributed by atoms with Crippen molar-refractivity contribution >= 4 is 23.1 Å². The third kappa shape index (κ3) is 2.01. The number of nitrogens with two attached hydrogens (primary N) is 1. The molecule has 0 aliphatic heterocycles. The maximum absolute atomic E-state index is 13.2. The van der Waals surface area contributed by atoms with Gasteiger partial charge in [0.2, 0.25) is 0 Å². The molecule has 0 bridgehead atoms. The zero-order chi connectivity index (χ0) is 11.5. The van der Waals surface area contributed by atoms with Crippen molar-refractivity contribution < 1.29 is 13.9 Å². The van der Waals surface area contributed by atoms with Crippen LogP contribution in [0.1, 0.15) is 9.67 Å². The van der Waals surface area contributed by atoms with E-state index in [1.807, 2.05) is 0 Å². The van der Waals surface area contributed by atoms with Gasteiger partial charge in [-0.15, -0.1) is 11.3 Å². The van der Waals surface area contributed by atoms with Gasteiger partial charge in [0, 0.05) is 0 Å². The summed E-state index contributed by atoms with van der Waals surface area (Å²) in [5, 5.41) is 0. The highest BCUT2D eigenvalue weighted by Gasteiger charge is 2.16. The number of nitrogen functional groups attached to an aromatic ring is 1. The highest BCUT2D eigenvalue weighted by molar-refractivity contribution is 7.12. The van der Waals surface area contributed by atoms with Crippen molar-refractivity contribution in [3.63, 3.8) is 0 Å². The second kappa shape index (κ2) is 4.28. The number of hydrogen-bond donors (Lipinski definition) is 1. The molecule has 6 heteroatoms. The van der Waals surface area contributed by atoms with Crippen LogP contribution >= 0.6 is 11.3 Å². The van der Waals surface area contributed by atoms with Crippen LogP contribution in [0.5, 0.6) is 5.75 Å². The smallest absolute Gasteiger partial charge is 0.357 e. The molecule has 2 N–H and O–H groups in total. The molecule has 82 valence electrons. The lowest BCUT2D eigenvalue weighted by Crippen LogP contribution is -2.09. The Balaban J connectivity index is 2.21. The molecule has 4 nitrogen and oxygen atoms in total. The number of carbonyl (C=O) groups is 1. The van der Waals surface area contributed by atoms with Crippen molar-refractivity contribution in [2.45, 2.75) is 0 Å². The van der Waals surface area contributed by atoms with E-state index in [0.29, 0.717) is 0 Å². The number of anilines is 1.